The highest BCUT2D eigenvalue weighted by Gasteiger charge is 2.23. The molecule has 1 fully saturated rings. The molecule has 0 spiro atoms. The SMILES string of the molecule is CCOC(=O)N1CCN(c2cc(NCc3ccc4c(c3)OCO4)nc(C)n2)CC1. The van der Waals surface area contributed by atoms with Gasteiger partial charge in [-0.3, -0.25) is 0 Å². The van der Waals surface area contributed by atoms with E-state index in [-0.39, 0.29) is 12.9 Å². The molecule has 9 heteroatoms. The van der Waals surface area contributed by atoms with Crippen LogP contribution >= 0.6 is 0 Å². The van der Waals surface area contributed by atoms with Gasteiger partial charge < -0.3 is 29.3 Å². The van der Waals surface area contributed by atoms with E-state index in [1.165, 1.54) is 0 Å². The van der Waals surface area contributed by atoms with Gasteiger partial charge in [0.1, 0.15) is 17.5 Å². The molecule has 0 saturated carbocycles. The number of piperazine rings is 1. The largest absolute Gasteiger partial charge is 0.454 e. The Morgan fingerprint density at radius 2 is 1.93 bits per heavy atom. The van der Waals surface area contributed by atoms with Gasteiger partial charge in [-0.2, -0.15) is 0 Å². The van der Waals surface area contributed by atoms with Crippen molar-refractivity contribution in [1.82, 2.24) is 14.9 Å². The number of carbonyl (C=O) groups excluding carboxylic acids is 1. The van der Waals surface area contributed by atoms with E-state index >= 15 is 0 Å². The van der Waals surface area contributed by atoms with E-state index in [0.29, 0.717) is 45.2 Å². The molecular weight excluding hydrogens is 374 g/mol. The molecule has 2 aromatic rings. The maximum Gasteiger partial charge on any atom is 0.409 e. The van der Waals surface area contributed by atoms with Crippen LogP contribution in [0.15, 0.2) is 24.3 Å². The second-order valence-electron chi connectivity index (χ2n) is 6.87. The summed E-state index contributed by atoms with van der Waals surface area (Å²) < 4.78 is 15.9. The molecule has 29 heavy (non-hydrogen) atoms. The van der Waals surface area contributed by atoms with Crippen molar-refractivity contribution in [3.8, 4) is 11.5 Å². The molecule has 1 aromatic heterocycles. The number of nitrogens with one attached hydrogen (secondary N) is 1. The zero-order chi connectivity index (χ0) is 20.2. The number of aryl methyl sites for hydroxylation is 1. The first kappa shape index (κ1) is 19.1. The van der Waals surface area contributed by atoms with Crippen molar-refractivity contribution >= 4 is 17.7 Å². The fourth-order valence-corrected chi connectivity index (χ4v) is 3.38. The van der Waals surface area contributed by atoms with Gasteiger partial charge in [-0.25, -0.2) is 14.8 Å². The Morgan fingerprint density at radius 1 is 1.14 bits per heavy atom. The van der Waals surface area contributed by atoms with Crippen molar-refractivity contribution in [2.45, 2.75) is 20.4 Å². The summed E-state index contributed by atoms with van der Waals surface area (Å²) in [6, 6.07) is 7.84. The van der Waals surface area contributed by atoms with Crippen LogP contribution in [-0.4, -0.2) is 60.5 Å². The van der Waals surface area contributed by atoms with Gasteiger partial charge in [0.05, 0.1) is 6.61 Å². The summed E-state index contributed by atoms with van der Waals surface area (Å²) in [5.41, 5.74) is 1.08. The number of aromatic nitrogens is 2. The third-order valence-electron chi connectivity index (χ3n) is 4.86. The third kappa shape index (κ3) is 4.44. The molecule has 3 heterocycles. The second kappa shape index (κ2) is 8.42. The monoisotopic (exact) mass is 399 g/mol. The molecule has 1 aromatic carbocycles. The number of hydrogen-bond donors (Lipinski definition) is 1. The zero-order valence-electron chi connectivity index (χ0n) is 16.7. The average Bonchev–Trinajstić information content (AvgIpc) is 3.20. The van der Waals surface area contributed by atoms with Gasteiger partial charge in [-0.15, -0.1) is 0 Å². The van der Waals surface area contributed by atoms with Crippen molar-refractivity contribution in [3.05, 3.63) is 35.7 Å². The number of amides is 1. The Hall–Kier alpha value is -3.23. The van der Waals surface area contributed by atoms with Gasteiger partial charge in [0, 0.05) is 38.8 Å². The summed E-state index contributed by atoms with van der Waals surface area (Å²) in [6.45, 7) is 7.60. The molecule has 2 aliphatic heterocycles. The molecule has 0 unspecified atom stereocenters. The number of anilines is 2. The number of benzene rings is 1. The smallest absolute Gasteiger partial charge is 0.409 e. The Labute approximate surface area is 169 Å². The van der Waals surface area contributed by atoms with Crippen molar-refractivity contribution < 1.29 is 19.0 Å². The van der Waals surface area contributed by atoms with E-state index in [2.05, 4.69) is 20.2 Å². The standard InChI is InChI=1S/C20H25N5O4/c1-3-27-20(26)25-8-6-24(7-9-25)19-11-18(22-14(2)23-19)21-12-15-4-5-16-17(10-15)29-13-28-16/h4-5,10-11H,3,6-9,12-13H2,1-2H3,(H,21,22,23). The molecule has 9 nitrogen and oxygen atoms in total. The molecule has 4 rings (SSSR count). The van der Waals surface area contributed by atoms with Crippen LogP contribution in [0, 0.1) is 6.92 Å². The number of fused-ring (bicyclic) bond motifs is 1. The van der Waals surface area contributed by atoms with E-state index in [4.69, 9.17) is 14.2 Å². The third-order valence-corrected chi connectivity index (χ3v) is 4.86. The molecule has 1 saturated heterocycles. The van der Waals surface area contributed by atoms with E-state index in [9.17, 15) is 4.79 Å². The minimum atomic E-state index is -0.253. The number of carbonyl (C=O) groups is 1. The van der Waals surface area contributed by atoms with E-state index < -0.39 is 0 Å². The van der Waals surface area contributed by atoms with Crippen LogP contribution in [0.4, 0.5) is 16.4 Å². The maximum absolute atomic E-state index is 11.9. The Bertz CT molecular complexity index is 883. The number of rotatable bonds is 5. The highest BCUT2D eigenvalue weighted by atomic mass is 16.7. The van der Waals surface area contributed by atoms with Crippen LogP contribution in [0.1, 0.15) is 18.3 Å². The fourth-order valence-electron chi connectivity index (χ4n) is 3.38. The topological polar surface area (TPSA) is 89.1 Å². The van der Waals surface area contributed by atoms with Gasteiger partial charge in [0.15, 0.2) is 11.5 Å². The summed E-state index contributed by atoms with van der Waals surface area (Å²) >= 11 is 0. The van der Waals surface area contributed by atoms with Gasteiger partial charge in [0.2, 0.25) is 6.79 Å². The summed E-state index contributed by atoms with van der Waals surface area (Å²) in [6.07, 6.45) is -0.253. The molecule has 2 aliphatic rings. The van der Waals surface area contributed by atoms with Crippen molar-refractivity contribution in [2.24, 2.45) is 0 Å². The first-order chi connectivity index (χ1) is 14.1. The molecule has 154 valence electrons. The molecule has 0 bridgehead atoms. The highest BCUT2D eigenvalue weighted by molar-refractivity contribution is 5.68. The van der Waals surface area contributed by atoms with Gasteiger partial charge >= 0.3 is 6.09 Å². The maximum atomic E-state index is 11.9. The predicted octanol–water partition coefficient (Wildman–Crippen LogP) is 2.40. The zero-order valence-corrected chi connectivity index (χ0v) is 16.7. The summed E-state index contributed by atoms with van der Waals surface area (Å²) in [4.78, 5) is 24.8. The summed E-state index contributed by atoms with van der Waals surface area (Å²) in [7, 11) is 0. The first-order valence-electron chi connectivity index (χ1n) is 9.77. The van der Waals surface area contributed by atoms with Crippen LogP contribution in [-0.2, 0) is 11.3 Å². The van der Waals surface area contributed by atoms with Gasteiger partial charge in [-0.05, 0) is 31.5 Å². The lowest BCUT2D eigenvalue weighted by Gasteiger charge is -2.34. The molecular formula is C20H25N5O4. The first-order valence-corrected chi connectivity index (χ1v) is 9.77. The van der Waals surface area contributed by atoms with E-state index in [0.717, 1.165) is 28.7 Å². The van der Waals surface area contributed by atoms with Crippen molar-refractivity contribution in [2.75, 3.05) is 49.8 Å². The van der Waals surface area contributed by atoms with Crippen molar-refractivity contribution in [3.63, 3.8) is 0 Å². The van der Waals surface area contributed by atoms with Crippen molar-refractivity contribution in [1.29, 1.82) is 0 Å². The number of hydrogen-bond acceptors (Lipinski definition) is 8. The molecule has 0 radical (unpaired) electrons. The molecule has 0 atom stereocenters. The summed E-state index contributed by atoms with van der Waals surface area (Å²) in [5.74, 6) is 3.86. The van der Waals surface area contributed by atoms with E-state index in [1.807, 2.05) is 38.1 Å². The number of nitrogens with zero attached hydrogens (tertiary/aromatic N) is 4. The minimum absolute atomic E-state index is 0.253. The molecule has 1 N–H and O–H groups in total. The predicted molar refractivity (Wildman–Crippen MR) is 107 cm³/mol. The average molecular weight is 399 g/mol. The minimum Gasteiger partial charge on any atom is -0.454 e. The van der Waals surface area contributed by atoms with Crippen LogP contribution < -0.4 is 19.7 Å². The summed E-state index contributed by atoms with van der Waals surface area (Å²) in [5, 5.41) is 3.36. The Balaban J connectivity index is 1.38. The molecule has 1 amide bonds. The lowest BCUT2D eigenvalue weighted by molar-refractivity contribution is 0.105. The second-order valence-corrected chi connectivity index (χ2v) is 6.87. The quantitative estimate of drug-likeness (QED) is 0.820. The van der Waals surface area contributed by atoms with E-state index in [1.54, 1.807) is 4.90 Å². The van der Waals surface area contributed by atoms with Crippen LogP contribution in [0.2, 0.25) is 0 Å². The van der Waals surface area contributed by atoms with Gasteiger partial charge in [0.25, 0.3) is 0 Å². The number of ether oxygens (including phenoxy) is 3. The Kier molecular flexibility index (Phi) is 5.55. The Morgan fingerprint density at radius 3 is 2.72 bits per heavy atom. The normalized spacial score (nSPS) is 15.4. The van der Waals surface area contributed by atoms with Gasteiger partial charge in [-0.1, -0.05) is 6.07 Å². The lowest BCUT2D eigenvalue weighted by Crippen LogP contribution is -2.49. The highest BCUT2D eigenvalue weighted by Crippen LogP contribution is 2.32. The lowest BCUT2D eigenvalue weighted by atomic mass is 10.2. The molecule has 0 aliphatic carbocycles. The fraction of sp³-hybridized carbons (Fsp3) is 0.450. The van der Waals surface area contributed by atoms with Crippen LogP contribution in [0.3, 0.4) is 0 Å². The van der Waals surface area contributed by atoms with Crippen LogP contribution in [0.25, 0.3) is 0 Å². The van der Waals surface area contributed by atoms with Crippen LogP contribution in [0.5, 0.6) is 11.5 Å².